The second-order valence-electron chi connectivity index (χ2n) is 14.1. The van der Waals surface area contributed by atoms with Gasteiger partial charge in [0, 0.05) is 19.5 Å². The zero-order chi connectivity index (χ0) is 40.0. The van der Waals surface area contributed by atoms with Crippen LogP contribution in [0.5, 0.6) is 5.75 Å². The number of rotatable bonds is 10. The van der Waals surface area contributed by atoms with Crippen LogP contribution in [-0.2, 0) is 34.8 Å². The highest BCUT2D eigenvalue weighted by atomic mass is 35.5. The summed E-state index contributed by atoms with van der Waals surface area (Å²) in [5, 5.41) is 8.01. The molecular formula is C39H39ClF2N6O6S. The van der Waals surface area contributed by atoms with Crippen molar-refractivity contribution in [1.29, 1.82) is 0 Å². The number of carbonyl (C=O) groups excluding carboxylic acids is 1. The van der Waals surface area contributed by atoms with E-state index in [1.54, 1.807) is 83.3 Å². The van der Waals surface area contributed by atoms with E-state index in [1.165, 1.54) is 22.4 Å². The lowest BCUT2D eigenvalue weighted by atomic mass is 10.0. The van der Waals surface area contributed by atoms with Crippen LogP contribution in [0.4, 0.5) is 19.4 Å². The van der Waals surface area contributed by atoms with Crippen LogP contribution in [0, 0.1) is 18.6 Å². The Morgan fingerprint density at radius 1 is 1.02 bits per heavy atom. The van der Waals surface area contributed by atoms with Crippen molar-refractivity contribution in [3.63, 3.8) is 0 Å². The number of alkyl carbamates (subject to hydrolysis) is 1. The molecule has 16 heteroatoms. The maximum atomic E-state index is 14.8. The third kappa shape index (κ3) is 8.27. The lowest BCUT2D eigenvalue weighted by molar-refractivity contribution is 0.0500. The maximum Gasteiger partial charge on any atom is 0.408 e. The first-order valence-electron chi connectivity index (χ1n) is 17.1. The van der Waals surface area contributed by atoms with E-state index in [2.05, 4.69) is 10.4 Å². The molecular weight excluding hydrogens is 754 g/mol. The van der Waals surface area contributed by atoms with Gasteiger partial charge in [0.05, 0.1) is 58.5 Å². The van der Waals surface area contributed by atoms with Crippen molar-refractivity contribution in [3.8, 4) is 11.4 Å². The highest BCUT2D eigenvalue weighted by Crippen LogP contribution is 2.38. The molecule has 0 unspecified atom stereocenters. The van der Waals surface area contributed by atoms with E-state index in [9.17, 15) is 26.8 Å². The standard InChI is InChI=1S/C39H39ClF2N6O6S/c1-22-9-8-10-28-33(22)44-35(30(43-38(50)54-39(2,3)4)19-24-17-25(41)20-26(42)18-24)48(37(28)49)31-16-15-29(40)32-34(31)46(5)45-36(32)47(55(7,51)52)21-23-11-13-27(53-6)14-12-23/h8-18,20,30H,19,21H2,1-7H3,(H,43,50)/t30-/m0/s1. The number of anilines is 1. The fraction of sp³-hybridized carbons (Fsp3) is 0.282. The second-order valence-corrected chi connectivity index (χ2v) is 16.4. The molecule has 2 aromatic heterocycles. The Balaban J connectivity index is 1.63. The molecule has 1 N–H and O–H groups in total. The molecule has 0 aliphatic heterocycles. The average Bonchev–Trinajstić information content (AvgIpc) is 3.43. The number of carbonyl (C=O) groups is 1. The van der Waals surface area contributed by atoms with Crippen LogP contribution < -0.4 is 19.9 Å². The van der Waals surface area contributed by atoms with Gasteiger partial charge < -0.3 is 14.8 Å². The van der Waals surface area contributed by atoms with Crippen LogP contribution in [0.15, 0.2) is 77.6 Å². The van der Waals surface area contributed by atoms with Crippen LogP contribution in [0.2, 0.25) is 5.02 Å². The first-order chi connectivity index (χ1) is 25.8. The number of halogens is 3. The molecule has 0 bridgehead atoms. The molecule has 0 saturated carbocycles. The van der Waals surface area contributed by atoms with Crippen molar-refractivity contribution in [2.75, 3.05) is 17.7 Å². The number of fused-ring (bicyclic) bond motifs is 2. The van der Waals surface area contributed by atoms with Gasteiger partial charge in [-0.1, -0.05) is 35.9 Å². The molecule has 0 aliphatic carbocycles. The zero-order valence-corrected chi connectivity index (χ0v) is 32.7. The molecule has 0 spiro atoms. The fourth-order valence-corrected chi connectivity index (χ4v) is 7.46. The Morgan fingerprint density at radius 3 is 2.31 bits per heavy atom. The summed E-state index contributed by atoms with van der Waals surface area (Å²) in [5.41, 5.74) is 0.769. The van der Waals surface area contributed by atoms with Gasteiger partial charge in [-0.2, -0.15) is 5.10 Å². The lowest BCUT2D eigenvalue weighted by Gasteiger charge is -2.26. The number of nitrogens with one attached hydrogen (secondary N) is 1. The van der Waals surface area contributed by atoms with Crippen molar-refractivity contribution in [2.45, 2.75) is 52.3 Å². The molecule has 12 nitrogen and oxygen atoms in total. The van der Waals surface area contributed by atoms with E-state index >= 15 is 0 Å². The minimum atomic E-state index is -3.97. The van der Waals surface area contributed by atoms with Gasteiger partial charge in [0.1, 0.15) is 28.8 Å². The summed E-state index contributed by atoms with van der Waals surface area (Å²) in [6.07, 6.45) is -0.0317. The maximum absolute atomic E-state index is 14.8. The van der Waals surface area contributed by atoms with Crippen molar-refractivity contribution in [2.24, 2.45) is 7.05 Å². The Bertz CT molecular complexity index is 2600. The van der Waals surface area contributed by atoms with Crippen molar-refractivity contribution in [1.82, 2.24) is 24.6 Å². The molecule has 0 saturated heterocycles. The minimum absolute atomic E-state index is 0.000487. The summed E-state index contributed by atoms with van der Waals surface area (Å²) in [6, 6.07) is 16.8. The molecule has 0 fully saturated rings. The molecule has 288 valence electrons. The van der Waals surface area contributed by atoms with E-state index in [-0.39, 0.29) is 57.2 Å². The van der Waals surface area contributed by atoms with Gasteiger partial charge in [0.15, 0.2) is 5.82 Å². The molecule has 55 heavy (non-hydrogen) atoms. The van der Waals surface area contributed by atoms with E-state index in [0.717, 1.165) is 28.8 Å². The van der Waals surface area contributed by atoms with Crippen LogP contribution in [0.3, 0.4) is 0 Å². The summed E-state index contributed by atoms with van der Waals surface area (Å²) in [6.45, 7) is 6.70. The third-order valence-corrected chi connectivity index (χ3v) is 10.2. The number of amides is 1. The summed E-state index contributed by atoms with van der Waals surface area (Å²) in [5.74, 6) is -1.09. The molecule has 0 radical (unpaired) electrons. The van der Waals surface area contributed by atoms with Gasteiger partial charge in [0.2, 0.25) is 10.0 Å². The number of aryl methyl sites for hydroxylation is 2. The molecule has 2 heterocycles. The molecule has 1 atom stereocenters. The third-order valence-electron chi connectivity index (χ3n) is 8.75. The van der Waals surface area contributed by atoms with E-state index < -0.39 is 45.0 Å². The highest BCUT2D eigenvalue weighted by Gasteiger charge is 2.31. The number of hydrogen-bond donors (Lipinski definition) is 1. The number of nitrogens with zero attached hydrogens (tertiary/aromatic N) is 5. The number of hydrogen-bond acceptors (Lipinski definition) is 8. The van der Waals surface area contributed by atoms with Gasteiger partial charge >= 0.3 is 6.09 Å². The predicted octanol–water partition coefficient (Wildman–Crippen LogP) is 7.30. The van der Waals surface area contributed by atoms with Gasteiger partial charge in [-0.25, -0.2) is 31.3 Å². The van der Waals surface area contributed by atoms with E-state index in [1.807, 2.05) is 0 Å². The first kappa shape index (κ1) is 39.2. The van der Waals surface area contributed by atoms with Crippen LogP contribution >= 0.6 is 11.6 Å². The Labute approximate surface area is 321 Å². The number of para-hydroxylation sites is 1. The number of sulfonamides is 1. The van der Waals surface area contributed by atoms with Gasteiger partial charge in [-0.3, -0.25) is 14.0 Å². The lowest BCUT2D eigenvalue weighted by Crippen LogP contribution is -2.39. The zero-order valence-electron chi connectivity index (χ0n) is 31.1. The molecule has 6 rings (SSSR count). The van der Waals surface area contributed by atoms with Crippen molar-refractivity contribution >= 4 is 55.3 Å². The highest BCUT2D eigenvalue weighted by molar-refractivity contribution is 7.92. The summed E-state index contributed by atoms with van der Waals surface area (Å²) >= 11 is 6.86. The van der Waals surface area contributed by atoms with Crippen molar-refractivity contribution < 1.29 is 31.5 Å². The topological polar surface area (TPSA) is 138 Å². The van der Waals surface area contributed by atoms with Crippen LogP contribution in [0.25, 0.3) is 27.5 Å². The Hall–Kier alpha value is -5.54. The monoisotopic (exact) mass is 792 g/mol. The molecule has 1 amide bonds. The summed E-state index contributed by atoms with van der Waals surface area (Å²) in [7, 11) is -0.870. The predicted molar refractivity (Wildman–Crippen MR) is 208 cm³/mol. The van der Waals surface area contributed by atoms with E-state index in [0.29, 0.717) is 22.4 Å². The normalized spacial score (nSPS) is 12.5. The average molecular weight is 793 g/mol. The number of ether oxygens (including phenoxy) is 2. The first-order valence-corrected chi connectivity index (χ1v) is 19.3. The molecule has 0 aliphatic rings. The van der Waals surface area contributed by atoms with Gasteiger partial charge in [-0.15, -0.1) is 0 Å². The van der Waals surface area contributed by atoms with Crippen LogP contribution in [-0.4, -0.2) is 52.8 Å². The molecule has 4 aromatic carbocycles. The quantitative estimate of drug-likeness (QED) is 0.153. The Kier molecular flexibility index (Phi) is 10.6. The second kappa shape index (κ2) is 14.9. The van der Waals surface area contributed by atoms with Gasteiger partial charge in [0.25, 0.3) is 5.56 Å². The largest absolute Gasteiger partial charge is 0.497 e. The van der Waals surface area contributed by atoms with Crippen molar-refractivity contribution in [3.05, 3.63) is 122 Å². The Morgan fingerprint density at radius 2 is 1.69 bits per heavy atom. The fourth-order valence-electron chi connectivity index (χ4n) is 6.40. The number of aromatic nitrogens is 4. The SMILES string of the molecule is COc1ccc(CN(c2nn(C)c3c(-n4c([C@H](Cc5cc(F)cc(F)c5)NC(=O)OC(C)(C)C)nc5c(C)cccc5c4=O)ccc(Cl)c23)S(C)(=O)=O)cc1. The van der Waals surface area contributed by atoms with E-state index in [4.69, 9.17) is 26.1 Å². The number of methoxy groups -OCH3 is 1. The summed E-state index contributed by atoms with van der Waals surface area (Å²) < 4.78 is 70.5. The van der Waals surface area contributed by atoms with Crippen LogP contribution in [0.1, 0.15) is 49.3 Å². The smallest absolute Gasteiger partial charge is 0.408 e. The number of benzene rings is 4. The van der Waals surface area contributed by atoms with Gasteiger partial charge in [-0.05, 0) is 86.8 Å². The minimum Gasteiger partial charge on any atom is -0.497 e. The summed E-state index contributed by atoms with van der Waals surface area (Å²) in [4.78, 5) is 33.1. The molecule has 6 aromatic rings.